The maximum absolute atomic E-state index is 4.43. The molecule has 1 aromatic rings. The van der Waals surface area contributed by atoms with Crippen LogP contribution in [-0.4, -0.2) is 22.6 Å². The van der Waals surface area contributed by atoms with Gasteiger partial charge in [-0.1, -0.05) is 20.8 Å². The molecule has 1 aromatic heterocycles. The van der Waals surface area contributed by atoms with Crippen LogP contribution in [0, 0.1) is 6.92 Å². The Morgan fingerprint density at radius 3 is 2.69 bits per heavy atom. The van der Waals surface area contributed by atoms with Crippen LogP contribution in [0.3, 0.4) is 0 Å². The second-order valence-corrected chi connectivity index (χ2v) is 4.27. The molecule has 0 aliphatic rings. The number of aryl methyl sites for hydroxylation is 1. The van der Waals surface area contributed by atoms with Gasteiger partial charge in [0.15, 0.2) is 0 Å². The Hall–Kier alpha value is -1.16. The zero-order valence-corrected chi connectivity index (χ0v) is 10.7. The maximum atomic E-state index is 4.43. The molecule has 1 rings (SSSR count). The van der Waals surface area contributed by atoms with Gasteiger partial charge in [-0.15, -0.1) is 0 Å². The number of nitrogens with zero attached hydrogens (tertiary/aromatic N) is 2. The van der Waals surface area contributed by atoms with Crippen molar-refractivity contribution in [1.82, 2.24) is 15.3 Å². The first-order chi connectivity index (χ1) is 7.63. The van der Waals surface area contributed by atoms with Crippen molar-refractivity contribution in [2.75, 3.05) is 11.9 Å². The predicted octanol–water partition coefficient (Wildman–Crippen LogP) is 2.10. The summed E-state index contributed by atoms with van der Waals surface area (Å²) in [5, 5.41) is 6.55. The van der Waals surface area contributed by atoms with E-state index >= 15 is 0 Å². The molecular formula is C12H22N4. The Bertz CT molecular complexity index is 323. The topological polar surface area (TPSA) is 49.8 Å². The Balaban J connectivity index is 2.60. The summed E-state index contributed by atoms with van der Waals surface area (Å²) < 4.78 is 0. The average molecular weight is 222 g/mol. The number of anilines is 1. The fourth-order valence-corrected chi connectivity index (χ4v) is 1.30. The quantitative estimate of drug-likeness (QED) is 0.774. The van der Waals surface area contributed by atoms with Crippen molar-refractivity contribution >= 4 is 5.95 Å². The molecule has 90 valence electrons. The van der Waals surface area contributed by atoms with E-state index in [0.29, 0.717) is 6.04 Å². The average Bonchev–Trinajstić information content (AvgIpc) is 2.24. The first-order valence-corrected chi connectivity index (χ1v) is 5.93. The molecule has 0 atom stereocenters. The van der Waals surface area contributed by atoms with E-state index in [-0.39, 0.29) is 0 Å². The summed E-state index contributed by atoms with van der Waals surface area (Å²) in [7, 11) is 0. The smallest absolute Gasteiger partial charge is 0.222 e. The van der Waals surface area contributed by atoms with Crippen molar-refractivity contribution < 1.29 is 0 Å². The van der Waals surface area contributed by atoms with Crippen molar-refractivity contribution in [1.29, 1.82) is 0 Å². The molecule has 0 fully saturated rings. The van der Waals surface area contributed by atoms with Crippen molar-refractivity contribution in [3.8, 4) is 0 Å². The number of nitrogens with one attached hydrogen (secondary N) is 2. The van der Waals surface area contributed by atoms with Gasteiger partial charge < -0.3 is 10.6 Å². The molecule has 16 heavy (non-hydrogen) atoms. The van der Waals surface area contributed by atoms with Crippen LogP contribution in [0.4, 0.5) is 5.95 Å². The van der Waals surface area contributed by atoms with Crippen molar-refractivity contribution in [2.45, 2.75) is 46.7 Å². The summed E-state index contributed by atoms with van der Waals surface area (Å²) in [5.74, 6) is 0.729. The minimum absolute atomic E-state index is 0.484. The van der Waals surface area contributed by atoms with Gasteiger partial charge in [0.05, 0.1) is 0 Å². The van der Waals surface area contributed by atoms with Crippen LogP contribution in [0.5, 0.6) is 0 Å². The van der Waals surface area contributed by atoms with Crippen LogP contribution in [0.25, 0.3) is 0 Å². The SMILES string of the molecule is CCCNc1ncc(CNC(C)C)c(C)n1. The highest BCUT2D eigenvalue weighted by Gasteiger charge is 2.03. The highest BCUT2D eigenvalue weighted by atomic mass is 15.1. The fourth-order valence-electron chi connectivity index (χ4n) is 1.30. The van der Waals surface area contributed by atoms with Gasteiger partial charge in [0.25, 0.3) is 0 Å². The number of hydrogen-bond acceptors (Lipinski definition) is 4. The molecule has 0 aliphatic heterocycles. The molecular weight excluding hydrogens is 200 g/mol. The van der Waals surface area contributed by atoms with Crippen LogP contribution in [0.15, 0.2) is 6.20 Å². The zero-order valence-electron chi connectivity index (χ0n) is 10.7. The molecule has 0 amide bonds. The number of hydrogen-bond donors (Lipinski definition) is 2. The molecule has 0 spiro atoms. The van der Waals surface area contributed by atoms with Crippen molar-refractivity contribution in [2.24, 2.45) is 0 Å². The predicted molar refractivity (Wildman–Crippen MR) is 67.5 cm³/mol. The highest BCUT2D eigenvalue weighted by Crippen LogP contribution is 2.07. The summed E-state index contributed by atoms with van der Waals surface area (Å²) in [4.78, 5) is 8.72. The lowest BCUT2D eigenvalue weighted by atomic mass is 10.2. The molecule has 0 aliphatic carbocycles. The zero-order chi connectivity index (χ0) is 12.0. The lowest BCUT2D eigenvalue weighted by Gasteiger charge is -2.10. The summed E-state index contributed by atoms with van der Waals surface area (Å²) >= 11 is 0. The van der Waals surface area contributed by atoms with Gasteiger partial charge in [0, 0.05) is 36.6 Å². The van der Waals surface area contributed by atoms with Gasteiger partial charge in [-0.05, 0) is 13.3 Å². The molecule has 4 heteroatoms. The van der Waals surface area contributed by atoms with E-state index in [2.05, 4.69) is 41.4 Å². The lowest BCUT2D eigenvalue weighted by Crippen LogP contribution is -2.22. The van der Waals surface area contributed by atoms with E-state index in [9.17, 15) is 0 Å². The maximum Gasteiger partial charge on any atom is 0.222 e. The number of aromatic nitrogens is 2. The number of rotatable bonds is 6. The second-order valence-electron chi connectivity index (χ2n) is 4.27. The first-order valence-electron chi connectivity index (χ1n) is 5.93. The Morgan fingerprint density at radius 2 is 2.12 bits per heavy atom. The molecule has 0 aromatic carbocycles. The Morgan fingerprint density at radius 1 is 1.38 bits per heavy atom. The van der Waals surface area contributed by atoms with E-state index in [1.807, 2.05) is 13.1 Å². The highest BCUT2D eigenvalue weighted by molar-refractivity contribution is 5.28. The molecule has 2 N–H and O–H groups in total. The van der Waals surface area contributed by atoms with Crippen molar-refractivity contribution in [3.63, 3.8) is 0 Å². The normalized spacial score (nSPS) is 10.8. The third-order valence-electron chi connectivity index (χ3n) is 2.31. The van der Waals surface area contributed by atoms with Crippen LogP contribution >= 0.6 is 0 Å². The van der Waals surface area contributed by atoms with Crippen LogP contribution in [-0.2, 0) is 6.54 Å². The van der Waals surface area contributed by atoms with E-state index in [1.165, 1.54) is 0 Å². The molecule has 1 heterocycles. The van der Waals surface area contributed by atoms with Crippen LogP contribution in [0.1, 0.15) is 38.4 Å². The van der Waals surface area contributed by atoms with E-state index in [0.717, 1.165) is 36.7 Å². The standard InChI is InChI=1S/C12H22N4/c1-5-6-13-12-15-8-11(10(4)16-12)7-14-9(2)3/h8-9,14H,5-7H2,1-4H3,(H,13,15,16). The fraction of sp³-hybridized carbons (Fsp3) is 0.667. The van der Waals surface area contributed by atoms with Gasteiger partial charge in [-0.3, -0.25) is 0 Å². The second kappa shape index (κ2) is 6.43. The van der Waals surface area contributed by atoms with Crippen molar-refractivity contribution in [3.05, 3.63) is 17.5 Å². The molecule has 4 nitrogen and oxygen atoms in total. The minimum Gasteiger partial charge on any atom is -0.354 e. The van der Waals surface area contributed by atoms with E-state index < -0.39 is 0 Å². The van der Waals surface area contributed by atoms with Gasteiger partial charge >= 0.3 is 0 Å². The van der Waals surface area contributed by atoms with Crippen LogP contribution < -0.4 is 10.6 Å². The van der Waals surface area contributed by atoms with Gasteiger partial charge in [-0.2, -0.15) is 0 Å². The Kier molecular flexibility index (Phi) is 5.19. The van der Waals surface area contributed by atoms with E-state index in [1.54, 1.807) is 0 Å². The minimum atomic E-state index is 0.484. The largest absolute Gasteiger partial charge is 0.354 e. The van der Waals surface area contributed by atoms with Gasteiger partial charge in [-0.25, -0.2) is 9.97 Å². The van der Waals surface area contributed by atoms with Gasteiger partial charge in [0.1, 0.15) is 0 Å². The van der Waals surface area contributed by atoms with E-state index in [4.69, 9.17) is 0 Å². The summed E-state index contributed by atoms with van der Waals surface area (Å²) in [6.07, 6.45) is 2.98. The molecule has 0 radical (unpaired) electrons. The van der Waals surface area contributed by atoms with Crippen LogP contribution in [0.2, 0.25) is 0 Å². The monoisotopic (exact) mass is 222 g/mol. The van der Waals surface area contributed by atoms with Gasteiger partial charge in [0.2, 0.25) is 5.95 Å². The lowest BCUT2D eigenvalue weighted by molar-refractivity contribution is 0.585. The third-order valence-corrected chi connectivity index (χ3v) is 2.31. The summed E-state index contributed by atoms with van der Waals surface area (Å²) in [5.41, 5.74) is 2.21. The third kappa shape index (κ3) is 4.14. The first kappa shape index (κ1) is 12.9. The summed E-state index contributed by atoms with van der Waals surface area (Å²) in [6, 6.07) is 0.484. The molecule has 0 unspecified atom stereocenters. The molecule has 0 bridgehead atoms. The molecule has 0 saturated carbocycles. The Labute approximate surface area is 97.9 Å². The molecule has 0 saturated heterocycles. The summed E-state index contributed by atoms with van der Waals surface area (Å²) in [6.45, 7) is 10.2.